The molecule has 0 amide bonds. The zero-order chi connectivity index (χ0) is 27.4. The Bertz CT molecular complexity index is 1300. The summed E-state index contributed by atoms with van der Waals surface area (Å²) >= 11 is 0. The molecule has 6 nitrogen and oxygen atoms in total. The van der Waals surface area contributed by atoms with E-state index in [9.17, 15) is 5.21 Å². The van der Waals surface area contributed by atoms with Gasteiger partial charge in [0.25, 0.3) is 0 Å². The van der Waals surface area contributed by atoms with Crippen LogP contribution in [0.1, 0.15) is 22.3 Å². The van der Waals surface area contributed by atoms with Crippen LogP contribution in [0.2, 0.25) is 0 Å². The first-order valence-electron chi connectivity index (χ1n) is 13.6. The smallest absolute Gasteiger partial charge is 0.220 e. The highest BCUT2D eigenvalue weighted by atomic mass is 16.6. The first-order chi connectivity index (χ1) is 19.8. The van der Waals surface area contributed by atoms with E-state index in [1.165, 1.54) is 0 Å². The van der Waals surface area contributed by atoms with Crippen molar-refractivity contribution in [3.05, 3.63) is 149 Å². The van der Waals surface area contributed by atoms with Crippen LogP contribution in [0.5, 0.6) is 0 Å². The zero-order valence-corrected chi connectivity index (χ0v) is 22.5. The van der Waals surface area contributed by atoms with Crippen LogP contribution < -0.4 is 0 Å². The van der Waals surface area contributed by atoms with Gasteiger partial charge in [-0.05, 0) is 22.3 Å². The predicted octanol–water partition coefficient (Wildman–Crippen LogP) is 5.92. The lowest BCUT2D eigenvalue weighted by Gasteiger charge is -2.29. The molecule has 1 unspecified atom stereocenters. The molecule has 6 heteroatoms. The van der Waals surface area contributed by atoms with Crippen molar-refractivity contribution in [1.29, 1.82) is 0 Å². The molecule has 4 aromatic rings. The second-order valence-electron chi connectivity index (χ2n) is 9.86. The minimum atomic E-state index is -0.649. The molecule has 0 N–H and O–H groups in total. The van der Waals surface area contributed by atoms with Crippen LogP contribution in [0.3, 0.4) is 0 Å². The highest BCUT2D eigenvalue weighted by Crippen LogP contribution is 2.25. The minimum Gasteiger partial charge on any atom is -0.624 e. The monoisotopic (exact) mass is 537 g/mol. The number of ether oxygens (including phenoxy) is 4. The predicted molar refractivity (Wildman–Crippen MR) is 155 cm³/mol. The molecule has 4 aromatic carbocycles. The van der Waals surface area contributed by atoms with E-state index in [0.717, 1.165) is 27.0 Å². The highest BCUT2D eigenvalue weighted by molar-refractivity contribution is 5.61. The van der Waals surface area contributed by atoms with Crippen LogP contribution in [0.15, 0.2) is 121 Å². The molecular formula is C34H35NO5. The van der Waals surface area contributed by atoms with Crippen molar-refractivity contribution in [3.8, 4) is 0 Å². The summed E-state index contributed by atoms with van der Waals surface area (Å²) in [6.45, 7) is 1.73. The Balaban J connectivity index is 1.34. The molecule has 1 heterocycles. The molecule has 0 bridgehead atoms. The number of benzene rings is 4. The van der Waals surface area contributed by atoms with E-state index in [1.54, 1.807) is 6.21 Å². The van der Waals surface area contributed by atoms with E-state index in [4.69, 9.17) is 18.9 Å². The van der Waals surface area contributed by atoms with Gasteiger partial charge in [0.2, 0.25) is 6.04 Å². The highest BCUT2D eigenvalue weighted by Gasteiger charge is 2.48. The van der Waals surface area contributed by atoms with Crippen molar-refractivity contribution >= 4 is 6.21 Å². The van der Waals surface area contributed by atoms with E-state index < -0.39 is 24.4 Å². The summed E-state index contributed by atoms with van der Waals surface area (Å²) in [5, 5.41) is 13.5. The molecule has 0 saturated heterocycles. The van der Waals surface area contributed by atoms with Crippen molar-refractivity contribution in [2.24, 2.45) is 0 Å². The summed E-state index contributed by atoms with van der Waals surface area (Å²) in [6.07, 6.45) is -0.0751. The maximum absolute atomic E-state index is 13.5. The van der Waals surface area contributed by atoms with Crippen molar-refractivity contribution in [3.63, 3.8) is 0 Å². The number of hydrogen-bond donors (Lipinski definition) is 0. The molecule has 5 rings (SSSR count). The van der Waals surface area contributed by atoms with Gasteiger partial charge in [0.05, 0.1) is 33.0 Å². The van der Waals surface area contributed by atoms with Gasteiger partial charge in [-0.3, -0.25) is 0 Å². The van der Waals surface area contributed by atoms with Gasteiger partial charge in [0, 0.05) is 0 Å². The van der Waals surface area contributed by atoms with Crippen LogP contribution >= 0.6 is 0 Å². The number of rotatable bonds is 14. The van der Waals surface area contributed by atoms with Gasteiger partial charge in [0.1, 0.15) is 6.10 Å². The normalized spacial score (nSPS) is 19.3. The summed E-state index contributed by atoms with van der Waals surface area (Å²) in [5.74, 6) is 0. The summed E-state index contributed by atoms with van der Waals surface area (Å²) in [6, 6.07) is 39.1. The molecule has 0 aromatic heterocycles. The lowest BCUT2D eigenvalue weighted by atomic mass is 10.0. The second-order valence-corrected chi connectivity index (χ2v) is 9.86. The summed E-state index contributed by atoms with van der Waals surface area (Å²) < 4.78 is 26.1. The molecule has 0 radical (unpaired) electrons. The second kappa shape index (κ2) is 14.5. The fourth-order valence-corrected chi connectivity index (χ4v) is 4.80. The Kier molecular flexibility index (Phi) is 10.1. The van der Waals surface area contributed by atoms with Crippen LogP contribution in [0.25, 0.3) is 0 Å². The van der Waals surface area contributed by atoms with Crippen LogP contribution in [-0.4, -0.2) is 41.9 Å². The molecular weight excluding hydrogens is 502 g/mol. The Morgan fingerprint density at radius 1 is 0.575 bits per heavy atom. The van der Waals surface area contributed by atoms with E-state index in [-0.39, 0.29) is 6.61 Å². The lowest BCUT2D eigenvalue weighted by molar-refractivity contribution is -0.515. The lowest BCUT2D eigenvalue weighted by Crippen LogP contribution is -2.48. The van der Waals surface area contributed by atoms with E-state index >= 15 is 0 Å². The number of hydrogen-bond acceptors (Lipinski definition) is 5. The molecule has 1 aliphatic rings. The van der Waals surface area contributed by atoms with E-state index in [1.807, 2.05) is 121 Å². The maximum Gasteiger partial charge on any atom is 0.220 e. The third-order valence-corrected chi connectivity index (χ3v) is 6.90. The maximum atomic E-state index is 13.5. The topological polar surface area (TPSA) is 63.0 Å². The van der Waals surface area contributed by atoms with Crippen molar-refractivity contribution in [2.75, 3.05) is 6.61 Å². The summed E-state index contributed by atoms with van der Waals surface area (Å²) in [5.41, 5.74) is 4.13. The van der Waals surface area contributed by atoms with Gasteiger partial charge in [-0.25, -0.2) is 4.74 Å². The fraction of sp³-hybridized carbons (Fsp3) is 0.265. The quantitative estimate of drug-likeness (QED) is 0.148. The molecule has 0 saturated carbocycles. The molecule has 0 fully saturated rings. The largest absolute Gasteiger partial charge is 0.624 e. The van der Waals surface area contributed by atoms with E-state index in [2.05, 4.69) is 0 Å². The molecule has 40 heavy (non-hydrogen) atoms. The van der Waals surface area contributed by atoms with Gasteiger partial charge in [-0.2, -0.15) is 0 Å². The number of nitrogens with zero attached hydrogens (tertiary/aromatic N) is 1. The zero-order valence-electron chi connectivity index (χ0n) is 22.5. The van der Waals surface area contributed by atoms with E-state index in [0.29, 0.717) is 26.4 Å². The Morgan fingerprint density at radius 3 is 1.55 bits per heavy atom. The van der Waals surface area contributed by atoms with Crippen LogP contribution in [-0.2, 0) is 45.4 Å². The van der Waals surface area contributed by atoms with Gasteiger partial charge in [0.15, 0.2) is 18.4 Å². The van der Waals surface area contributed by atoms with Crippen LogP contribution in [0, 0.1) is 5.21 Å². The molecule has 206 valence electrons. The standard InChI is InChI=1S/C34H35NO5/c36-35-21-31(38-23-28-15-7-2-8-16-28)34(40-25-30-19-11-4-12-20-30)33(35)32(39-24-29-17-9-3-10-18-29)26-37-22-27-13-5-1-6-14-27/h1-21,31-34H,22-26H2/t31-,32?,33+,34+/m0/s1. The molecule has 1 aliphatic heterocycles. The van der Waals surface area contributed by atoms with Crippen molar-refractivity contribution < 1.29 is 23.7 Å². The summed E-state index contributed by atoms with van der Waals surface area (Å²) in [7, 11) is 0. The Hall–Kier alpha value is -3.81. The van der Waals surface area contributed by atoms with Gasteiger partial charge in [-0.1, -0.05) is 121 Å². The van der Waals surface area contributed by atoms with Crippen LogP contribution in [0.4, 0.5) is 0 Å². The minimum absolute atomic E-state index is 0.232. The first kappa shape index (κ1) is 27.7. The average molecular weight is 538 g/mol. The average Bonchev–Trinajstić information content (AvgIpc) is 3.33. The SMILES string of the molecule is [O-][N+]1=C[C@H](OCc2ccccc2)[C@@H](OCc2ccccc2)[C@H]1C(COCc1ccccc1)OCc1ccccc1. The summed E-state index contributed by atoms with van der Waals surface area (Å²) in [4.78, 5) is 0. The molecule has 0 aliphatic carbocycles. The van der Waals surface area contributed by atoms with Gasteiger partial charge >= 0.3 is 0 Å². The third-order valence-electron chi connectivity index (χ3n) is 6.90. The third kappa shape index (κ3) is 7.87. The number of hydroxylamine groups is 1. The molecule has 0 spiro atoms. The van der Waals surface area contributed by atoms with Crippen molar-refractivity contribution in [1.82, 2.24) is 0 Å². The first-order valence-corrected chi connectivity index (χ1v) is 13.6. The molecule has 4 atom stereocenters. The Morgan fingerprint density at radius 2 is 1.02 bits per heavy atom. The van der Waals surface area contributed by atoms with Crippen molar-refractivity contribution in [2.45, 2.75) is 50.8 Å². The fourth-order valence-electron chi connectivity index (χ4n) is 4.80. The van der Waals surface area contributed by atoms with Gasteiger partial charge < -0.3 is 24.2 Å². The van der Waals surface area contributed by atoms with Gasteiger partial charge in [-0.15, -0.1) is 0 Å². The Labute approximate surface area is 236 Å².